The molecule has 0 bridgehead atoms. The summed E-state index contributed by atoms with van der Waals surface area (Å²) in [6.45, 7) is 4.67. The molecule has 0 unspecified atom stereocenters. The Hall–Kier alpha value is -8.19. The molecule has 4 heterocycles. The highest BCUT2D eigenvalue weighted by Gasteiger charge is 2.35. The molecule has 0 spiro atoms. The summed E-state index contributed by atoms with van der Waals surface area (Å²) in [5, 5.41) is 6.33. The molecule has 6 heteroatoms. The molecule has 13 aromatic rings. The van der Waals surface area contributed by atoms with Gasteiger partial charge in [-0.1, -0.05) is 147 Å². The normalized spacial score (nSPS) is 13.1. The number of benzene rings is 9. The van der Waals surface area contributed by atoms with Crippen molar-refractivity contribution in [2.45, 2.75) is 19.3 Å². The molecule has 0 radical (unpaired) electrons. The first-order chi connectivity index (χ1) is 32.4. The van der Waals surface area contributed by atoms with E-state index in [0.29, 0.717) is 17.5 Å². The van der Waals surface area contributed by atoms with Crippen molar-refractivity contribution < 1.29 is 8.83 Å². The van der Waals surface area contributed by atoms with Crippen molar-refractivity contribution in [3.05, 3.63) is 199 Å². The molecule has 66 heavy (non-hydrogen) atoms. The van der Waals surface area contributed by atoms with Gasteiger partial charge in [-0.15, -0.1) is 11.3 Å². The first-order valence-corrected chi connectivity index (χ1v) is 23.1. The van der Waals surface area contributed by atoms with E-state index >= 15 is 0 Å². The molecule has 5 nitrogen and oxygen atoms in total. The predicted molar refractivity (Wildman–Crippen MR) is 272 cm³/mol. The summed E-state index contributed by atoms with van der Waals surface area (Å²) >= 11 is 1.78. The van der Waals surface area contributed by atoms with Crippen LogP contribution in [0.25, 0.3) is 132 Å². The fraction of sp³-hybridized carbons (Fsp3) is 0.0500. The van der Waals surface area contributed by atoms with Gasteiger partial charge < -0.3 is 8.83 Å². The van der Waals surface area contributed by atoms with Crippen LogP contribution in [0.1, 0.15) is 25.0 Å². The van der Waals surface area contributed by atoms with Gasteiger partial charge in [0.25, 0.3) is 0 Å². The van der Waals surface area contributed by atoms with Crippen molar-refractivity contribution >= 4 is 75.4 Å². The fourth-order valence-electron chi connectivity index (χ4n) is 10.6. The van der Waals surface area contributed by atoms with Crippen molar-refractivity contribution in [3.63, 3.8) is 0 Å². The van der Waals surface area contributed by atoms with Crippen LogP contribution in [0.4, 0.5) is 0 Å². The average molecular weight is 864 g/mol. The van der Waals surface area contributed by atoms with E-state index in [1.807, 2.05) is 36.4 Å². The Morgan fingerprint density at radius 2 is 0.924 bits per heavy atom. The lowest BCUT2D eigenvalue weighted by Gasteiger charge is -2.22. The molecule has 0 atom stereocenters. The van der Waals surface area contributed by atoms with E-state index in [-0.39, 0.29) is 5.41 Å². The topological polar surface area (TPSA) is 65.0 Å². The van der Waals surface area contributed by atoms with Gasteiger partial charge >= 0.3 is 0 Å². The number of thiophene rings is 1. The second-order valence-corrected chi connectivity index (χ2v) is 19.0. The summed E-state index contributed by atoms with van der Waals surface area (Å²) in [7, 11) is 0. The van der Waals surface area contributed by atoms with E-state index in [2.05, 4.69) is 166 Å². The van der Waals surface area contributed by atoms with Crippen LogP contribution in [0.15, 0.2) is 197 Å². The van der Waals surface area contributed by atoms with Crippen LogP contribution in [-0.4, -0.2) is 15.0 Å². The number of hydrogen-bond acceptors (Lipinski definition) is 6. The number of rotatable bonds is 5. The molecule has 9 aromatic carbocycles. The number of fused-ring (bicyclic) bond motifs is 12. The van der Waals surface area contributed by atoms with Crippen molar-refractivity contribution in [2.24, 2.45) is 0 Å². The van der Waals surface area contributed by atoms with E-state index in [4.69, 9.17) is 23.8 Å². The van der Waals surface area contributed by atoms with Crippen molar-refractivity contribution in [1.82, 2.24) is 15.0 Å². The summed E-state index contributed by atoms with van der Waals surface area (Å²) in [6.07, 6.45) is 0. The highest BCUT2D eigenvalue weighted by molar-refractivity contribution is 7.25. The van der Waals surface area contributed by atoms with Gasteiger partial charge in [-0.05, 0) is 99.1 Å². The fourth-order valence-corrected chi connectivity index (χ4v) is 11.7. The second kappa shape index (κ2) is 13.9. The van der Waals surface area contributed by atoms with Crippen LogP contribution in [0.2, 0.25) is 0 Å². The first-order valence-electron chi connectivity index (χ1n) is 22.3. The Morgan fingerprint density at radius 3 is 1.79 bits per heavy atom. The average Bonchev–Trinajstić information content (AvgIpc) is 4.11. The maximum atomic E-state index is 6.62. The van der Waals surface area contributed by atoms with Gasteiger partial charge in [0.1, 0.15) is 22.3 Å². The van der Waals surface area contributed by atoms with Crippen molar-refractivity contribution in [1.29, 1.82) is 0 Å². The van der Waals surface area contributed by atoms with Crippen LogP contribution in [0.3, 0.4) is 0 Å². The highest BCUT2D eigenvalue weighted by atomic mass is 32.1. The Bertz CT molecular complexity index is 4170. The Balaban J connectivity index is 0.946. The zero-order chi connectivity index (χ0) is 43.7. The minimum absolute atomic E-state index is 0.0724. The smallest absolute Gasteiger partial charge is 0.167 e. The van der Waals surface area contributed by atoms with Gasteiger partial charge in [0.05, 0.1) is 5.56 Å². The monoisotopic (exact) mass is 863 g/mol. The maximum absolute atomic E-state index is 6.62. The van der Waals surface area contributed by atoms with Crippen molar-refractivity contribution in [2.75, 3.05) is 0 Å². The third-order valence-electron chi connectivity index (χ3n) is 13.8. The van der Waals surface area contributed by atoms with Crippen molar-refractivity contribution in [3.8, 4) is 67.5 Å². The molecule has 0 aliphatic heterocycles. The largest absolute Gasteiger partial charge is 0.456 e. The SMILES string of the molecule is CC1(C)c2ccccc2-c2ccc(-c3cccc(-c4ccc5oc6cccc(-c7nc(-c8cccc9c8oc8ccccc89)nc(-c8cccc9sc%10ccccc%10c89)n7)c6c5c4)c3)cc21. The van der Waals surface area contributed by atoms with Crippen LogP contribution in [0, 0.1) is 0 Å². The molecule has 14 rings (SSSR count). The van der Waals surface area contributed by atoms with Crippen LogP contribution in [0.5, 0.6) is 0 Å². The number of nitrogens with zero attached hydrogens (tertiary/aromatic N) is 3. The summed E-state index contributed by atoms with van der Waals surface area (Å²) in [5.74, 6) is 1.69. The summed E-state index contributed by atoms with van der Waals surface area (Å²) < 4.78 is 15.6. The van der Waals surface area contributed by atoms with E-state index in [1.54, 1.807) is 11.3 Å². The summed E-state index contributed by atoms with van der Waals surface area (Å²) in [6, 6.07) is 66.6. The lowest BCUT2D eigenvalue weighted by molar-refractivity contribution is 0.660. The molecule has 0 saturated carbocycles. The molecular weight excluding hydrogens is 827 g/mol. The first kappa shape index (κ1) is 37.2. The van der Waals surface area contributed by atoms with Gasteiger partial charge in [0.15, 0.2) is 17.5 Å². The third-order valence-corrected chi connectivity index (χ3v) is 14.9. The maximum Gasteiger partial charge on any atom is 0.167 e. The number of hydrogen-bond donors (Lipinski definition) is 0. The Morgan fingerprint density at radius 1 is 0.364 bits per heavy atom. The zero-order valence-corrected chi connectivity index (χ0v) is 36.8. The van der Waals surface area contributed by atoms with Gasteiger partial charge in [-0.3, -0.25) is 0 Å². The molecule has 0 saturated heterocycles. The summed E-state index contributed by atoms with van der Waals surface area (Å²) in [4.78, 5) is 16.0. The third kappa shape index (κ3) is 5.49. The standard InChI is InChI=1S/C60H37N3O2S/c1-60(2)47-22-6-3-15-38(47)39-29-27-37(33-48(39)60)35-14-9-13-34(31-35)36-28-30-50-46(32-36)54-43(19-11-24-51(54)64-50)57-61-58(44-20-12-26-53-55(44)42-17-5-8-25-52(42)66-53)63-59(62-57)45-21-10-18-41-40-16-4-7-23-49(40)65-56(41)45/h3-33H,1-2H3. The molecule has 310 valence electrons. The molecule has 0 fully saturated rings. The number of para-hydroxylation sites is 2. The molecule has 1 aliphatic carbocycles. The predicted octanol–water partition coefficient (Wildman–Crippen LogP) is 16.7. The van der Waals surface area contributed by atoms with E-state index in [9.17, 15) is 0 Å². The quantitative estimate of drug-likeness (QED) is 0.172. The molecule has 0 amide bonds. The van der Waals surface area contributed by atoms with Crippen LogP contribution in [-0.2, 0) is 5.41 Å². The van der Waals surface area contributed by atoms with Crippen LogP contribution >= 0.6 is 11.3 Å². The van der Waals surface area contributed by atoms with Gasteiger partial charge in [-0.2, -0.15) is 0 Å². The highest BCUT2D eigenvalue weighted by Crippen LogP contribution is 2.50. The molecular formula is C60H37N3O2S. The second-order valence-electron chi connectivity index (χ2n) is 17.9. The minimum atomic E-state index is -0.0724. The van der Waals surface area contributed by atoms with E-state index < -0.39 is 0 Å². The Kier molecular flexibility index (Phi) is 7.84. The molecule has 0 N–H and O–H groups in total. The minimum Gasteiger partial charge on any atom is -0.456 e. The number of furan rings is 2. The Labute approximate surface area is 383 Å². The van der Waals surface area contributed by atoms with E-state index in [1.165, 1.54) is 48.2 Å². The lowest BCUT2D eigenvalue weighted by Crippen LogP contribution is -2.14. The van der Waals surface area contributed by atoms with Gasteiger partial charge in [0, 0.05) is 58.3 Å². The van der Waals surface area contributed by atoms with E-state index in [0.717, 1.165) is 77.1 Å². The lowest BCUT2D eigenvalue weighted by atomic mass is 9.81. The van der Waals surface area contributed by atoms with Crippen LogP contribution < -0.4 is 0 Å². The zero-order valence-electron chi connectivity index (χ0n) is 36.0. The van der Waals surface area contributed by atoms with Gasteiger partial charge in [0.2, 0.25) is 0 Å². The number of aromatic nitrogens is 3. The molecule has 1 aliphatic rings. The summed E-state index contributed by atoms with van der Waals surface area (Å²) in [5.41, 5.74) is 15.7. The molecule has 4 aromatic heterocycles. The van der Waals surface area contributed by atoms with Gasteiger partial charge in [-0.25, -0.2) is 15.0 Å².